The molecule has 0 saturated carbocycles. The number of nitro groups is 1. The van der Waals surface area contributed by atoms with Gasteiger partial charge in [-0.25, -0.2) is 0 Å². The topological polar surface area (TPSA) is 78.4 Å². The van der Waals surface area contributed by atoms with E-state index in [1.54, 1.807) is 13.0 Å². The lowest BCUT2D eigenvalue weighted by molar-refractivity contribution is -0.385. The van der Waals surface area contributed by atoms with Crippen LogP contribution in [0.5, 0.6) is 5.75 Å². The van der Waals surface area contributed by atoms with E-state index < -0.39 is 4.92 Å². The van der Waals surface area contributed by atoms with Crippen LogP contribution < -0.4 is 10.5 Å². The molecule has 16 heavy (non-hydrogen) atoms. The van der Waals surface area contributed by atoms with Gasteiger partial charge in [0.2, 0.25) is 0 Å². The summed E-state index contributed by atoms with van der Waals surface area (Å²) in [5.74, 6) is 0.435. The molecule has 0 aliphatic heterocycles. The highest BCUT2D eigenvalue weighted by Gasteiger charge is 2.16. The average Bonchev–Trinajstić information content (AvgIpc) is 2.16. The van der Waals surface area contributed by atoms with Crippen LogP contribution in [0.25, 0.3) is 0 Å². The summed E-state index contributed by atoms with van der Waals surface area (Å²) in [4.78, 5) is 10.6. The van der Waals surface area contributed by atoms with Crippen molar-refractivity contribution < 1.29 is 9.66 Å². The lowest BCUT2D eigenvalue weighted by Crippen LogP contribution is -2.12. The Labute approximate surface area is 98.4 Å². The first-order valence-electron chi connectivity index (χ1n) is 4.56. The van der Waals surface area contributed by atoms with Crippen molar-refractivity contribution in [3.05, 3.63) is 33.4 Å². The number of benzene rings is 1. The quantitative estimate of drug-likeness (QED) is 0.492. The number of rotatable bonds is 4. The van der Waals surface area contributed by atoms with Gasteiger partial charge in [0, 0.05) is 17.5 Å². The number of nitrogens with zero attached hydrogens (tertiary/aromatic N) is 1. The molecule has 86 valence electrons. The van der Waals surface area contributed by atoms with Crippen molar-refractivity contribution in [2.24, 2.45) is 5.73 Å². The molecule has 0 aliphatic carbocycles. The maximum Gasteiger partial charge on any atom is 0.276 e. The molecule has 0 spiro atoms. The third kappa shape index (κ3) is 2.66. The number of nitro benzene ring substituents is 1. The molecule has 0 fully saturated rings. The third-order valence-electron chi connectivity index (χ3n) is 2.16. The van der Waals surface area contributed by atoms with Crippen molar-refractivity contribution in [3.63, 3.8) is 0 Å². The van der Waals surface area contributed by atoms with E-state index in [4.69, 9.17) is 22.7 Å². The van der Waals surface area contributed by atoms with Crippen LogP contribution in [-0.2, 0) is 6.42 Å². The third-order valence-corrected chi connectivity index (χ3v) is 2.30. The monoisotopic (exact) mass is 240 g/mol. The summed E-state index contributed by atoms with van der Waals surface area (Å²) in [6, 6.07) is 3.07. The van der Waals surface area contributed by atoms with Crippen LogP contribution in [-0.4, -0.2) is 17.0 Å². The Hall–Kier alpha value is -1.69. The fourth-order valence-electron chi connectivity index (χ4n) is 1.45. The van der Waals surface area contributed by atoms with Crippen molar-refractivity contribution >= 4 is 22.9 Å². The minimum atomic E-state index is -0.442. The van der Waals surface area contributed by atoms with Gasteiger partial charge in [0.05, 0.1) is 23.1 Å². The summed E-state index contributed by atoms with van der Waals surface area (Å²) in [7, 11) is 1.46. The number of thiocarbonyl (C=S) groups is 1. The van der Waals surface area contributed by atoms with Gasteiger partial charge in [-0.3, -0.25) is 10.1 Å². The average molecular weight is 240 g/mol. The van der Waals surface area contributed by atoms with Crippen LogP contribution in [0.4, 0.5) is 5.69 Å². The van der Waals surface area contributed by atoms with E-state index in [1.807, 2.05) is 0 Å². The molecular formula is C10H12N2O3S. The van der Waals surface area contributed by atoms with Crippen LogP contribution in [0.1, 0.15) is 11.1 Å². The molecule has 0 bridgehead atoms. The summed E-state index contributed by atoms with van der Waals surface area (Å²) in [5, 5.41) is 10.7. The highest BCUT2D eigenvalue weighted by atomic mass is 32.1. The number of nitrogens with two attached hydrogens (primary N) is 1. The summed E-state index contributed by atoms with van der Waals surface area (Å²) >= 11 is 4.80. The molecule has 0 aliphatic rings. The number of ether oxygens (including phenoxy) is 1. The lowest BCUT2D eigenvalue weighted by Gasteiger charge is -2.09. The van der Waals surface area contributed by atoms with Gasteiger partial charge in [0.1, 0.15) is 5.75 Å². The van der Waals surface area contributed by atoms with Gasteiger partial charge in [-0.1, -0.05) is 12.2 Å². The Bertz CT molecular complexity index is 446. The highest BCUT2D eigenvalue weighted by molar-refractivity contribution is 7.80. The zero-order valence-corrected chi connectivity index (χ0v) is 9.84. The molecule has 0 unspecified atom stereocenters. The molecule has 1 aromatic carbocycles. The minimum Gasteiger partial charge on any atom is -0.496 e. The van der Waals surface area contributed by atoms with E-state index in [0.29, 0.717) is 22.7 Å². The molecule has 1 rings (SSSR count). The number of methoxy groups -OCH3 is 1. The zero-order valence-electron chi connectivity index (χ0n) is 9.02. The van der Waals surface area contributed by atoms with Crippen molar-refractivity contribution in [2.75, 3.05) is 7.11 Å². The van der Waals surface area contributed by atoms with Gasteiger partial charge in [0.15, 0.2) is 0 Å². The van der Waals surface area contributed by atoms with Gasteiger partial charge in [-0.2, -0.15) is 0 Å². The number of hydrogen-bond donors (Lipinski definition) is 1. The Balaban J connectivity index is 3.26. The van der Waals surface area contributed by atoms with Crippen LogP contribution in [0.2, 0.25) is 0 Å². The Morgan fingerprint density at radius 3 is 2.69 bits per heavy atom. The van der Waals surface area contributed by atoms with Gasteiger partial charge < -0.3 is 10.5 Å². The molecule has 2 N–H and O–H groups in total. The minimum absolute atomic E-state index is 0.0311. The van der Waals surface area contributed by atoms with E-state index in [1.165, 1.54) is 13.2 Å². The molecular weight excluding hydrogens is 228 g/mol. The van der Waals surface area contributed by atoms with E-state index in [0.717, 1.165) is 5.56 Å². The van der Waals surface area contributed by atoms with Gasteiger partial charge in [-0.05, 0) is 13.0 Å². The van der Waals surface area contributed by atoms with Crippen molar-refractivity contribution in [2.45, 2.75) is 13.3 Å². The van der Waals surface area contributed by atoms with Crippen LogP contribution in [0.3, 0.4) is 0 Å². The lowest BCUT2D eigenvalue weighted by atomic mass is 10.1. The summed E-state index contributed by atoms with van der Waals surface area (Å²) in [5.41, 5.74) is 6.80. The Kier molecular flexibility index (Phi) is 3.78. The second kappa shape index (κ2) is 4.89. The molecule has 1 aromatic rings. The van der Waals surface area contributed by atoms with E-state index in [2.05, 4.69) is 0 Å². The molecule has 0 atom stereocenters. The van der Waals surface area contributed by atoms with E-state index in [9.17, 15) is 10.1 Å². The first-order chi connectivity index (χ1) is 7.45. The summed E-state index contributed by atoms with van der Waals surface area (Å²) in [6.07, 6.45) is 0.372. The molecule has 0 saturated heterocycles. The van der Waals surface area contributed by atoms with Gasteiger partial charge in [0.25, 0.3) is 5.69 Å². The first-order valence-corrected chi connectivity index (χ1v) is 4.96. The van der Waals surface area contributed by atoms with E-state index in [-0.39, 0.29) is 5.69 Å². The first kappa shape index (κ1) is 12.4. The molecule has 0 heterocycles. The van der Waals surface area contributed by atoms with Crippen LogP contribution >= 0.6 is 12.2 Å². The van der Waals surface area contributed by atoms with Crippen LogP contribution in [0, 0.1) is 17.0 Å². The molecule has 0 amide bonds. The van der Waals surface area contributed by atoms with E-state index >= 15 is 0 Å². The maximum atomic E-state index is 10.7. The summed E-state index contributed by atoms with van der Waals surface area (Å²) < 4.78 is 5.07. The zero-order chi connectivity index (χ0) is 12.3. The number of aryl methyl sites for hydroxylation is 1. The normalized spacial score (nSPS) is 9.88. The molecule has 6 heteroatoms. The predicted octanol–water partition coefficient (Wildman–Crippen LogP) is 1.74. The maximum absolute atomic E-state index is 10.7. The second-order valence-corrected chi connectivity index (χ2v) is 3.88. The SMILES string of the molecule is COc1cc([N+](=O)[O-])c(C)cc1CC(N)=S. The predicted molar refractivity (Wildman–Crippen MR) is 64.9 cm³/mol. The Morgan fingerprint density at radius 1 is 1.62 bits per heavy atom. The smallest absolute Gasteiger partial charge is 0.276 e. The largest absolute Gasteiger partial charge is 0.496 e. The van der Waals surface area contributed by atoms with Gasteiger partial charge >= 0.3 is 0 Å². The second-order valence-electron chi connectivity index (χ2n) is 3.35. The molecule has 0 radical (unpaired) electrons. The Morgan fingerprint density at radius 2 is 2.25 bits per heavy atom. The molecule has 0 aromatic heterocycles. The number of hydrogen-bond acceptors (Lipinski definition) is 4. The van der Waals surface area contributed by atoms with Crippen molar-refractivity contribution in [3.8, 4) is 5.75 Å². The highest BCUT2D eigenvalue weighted by Crippen LogP contribution is 2.28. The van der Waals surface area contributed by atoms with Crippen molar-refractivity contribution in [1.82, 2.24) is 0 Å². The summed E-state index contributed by atoms with van der Waals surface area (Å²) in [6.45, 7) is 1.67. The van der Waals surface area contributed by atoms with Crippen molar-refractivity contribution in [1.29, 1.82) is 0 Å². The molecule has 5 nitrogen and oxygen atoms in total. The standard InChI is InChI=1S/C10H12N2O3S/c1-6-3-7(4-10(11)16)9(15-2)5-8(6)12(13)14/h3,5H,4H2,1-2H3,(H2,11,16). The fourth-order valence-corrected chi connectivity index (χ4v) is 1.61. The fraction of sp³-hybridized carbons (Fsp3) is 0.300. The van der Waals surface area contributed by atoms with Crippen LogP contribution in [0.15, 0.2) is 12.1 Å². The van der Waals surface area contributed by atoms with Gasteiger partial charge in [-0.15, -0.1) is 0 Å².